The van der Waals surface area contributed by atoms with E-state index in [4.69, 9.17) is 13.9 Å². The highest BCUT2D eigenvalue weighted by Crippen LogP contribution is 2.66. The molecule has 0 aromatic heterocycles. The second-order valence-corrected chi connectivity index (χ2v) is 18.2. The van der Waals surface area contributed by atoms with Gasteiger partial charge in [-0.2, -0.15) is 0 Å². The van der Waals surface area contributed by atoms with Crippen LogP contribution in [-0.2, 0) is 13.9 Å². The molecule has 1 saturated heterocycles. The minimum atomic E-state index is -1.78. The molecule has 3 saturated carbocycles. The van der Waals surface area contributed by atoms with Gasteiger partial charge in [-0.25, -0.2) is 0 Å². The normalized spacial score (nSPS) is 43.5. The molecule has 5 heteroatoms. The van der Waals surface area contributed by atoms with E-state index in [1.807, 2.05) is 0 Å². The molecule has 0 unspecified atom stereocenters. The van der Waals surface area contributed by atoms with E-state index in [1.54, 1.807) is 0 Å². The summed E-state index contributed by atoms with van der Waals surface area (Å²) in [5, 5.41) is 11.1. The summed E-state index contributed by atoms with van der Waals surface area (Å²) in [4.78, 5) is 0. The monoisotopic (exact) mass is 462 g/mol. The van der Waals surface area contributed by atoms with Gasteiger partial charge in [0.05, 0.1) is 25.9 Å². The molecule has 0 aromatic rings. The molecular formula is C27H46O4Si. The largest absolute Gasteiger partial charge is 0.413 e. The molecule has 1 aliphatic heterocycles. The minimum Gasteiger partial charge on any atom is -0.413 e. The lowest BCUT2D eigenvalue weighted by atomic mass is 9.47. The standard InChI is InChI=1S/C27H46O4Si/c1-24(2,3)32(5,6)31-23-10-9-21-20-8-7-19-17-27(29-15-16-30-27)14-13-26(19,18-28)22(20)11-12-25(21,23)4/h7,20-23,28H,8-18H2,1-6H3/t20-,21-,22-,23-,25-,26+/m0/s1. The Morgan fingerprint density at radius 2 is 1.78 bits per heavy atom. The minimum absolute atomic E-state index is 0.0524. The van der Waals surface area contributed by atoms with Gasteiger partial charge in [0.25, 0.3) is 0 Å². The third-order valence-electron chi connectivity index (χ3n) is 11.1. The van der Waals surface area contributed by atoms with Crippen molar-refractivity contribution in [3.05, 3.63) is 11.6 Å². The topological polar surface area (TPSA) is 47.9 Å². The number of fused-ring (bicyclic) bond motifs is 5. The van der Waals surface area contributed by atoms with E-state index in [2.05, 4.69) is 46.9 Å². The number of hydrogen-bond donors (Lipinski definition) is 1. The van der Waals surface area contributed by atoms with E-state index in [0.29, 0.717) is 37.1 Å². The quantitative estimate of drug-likeness (QED) is 0.409. The van der Waals surface area contributed by atoms with Crippen molar-refractivity contribution in [2.75, 3.05) is 19.8 Å². The van der Waals surface area contributed by atoms with E-state index in [1.165, 1.54) is 31.3 Å². The Balaban J connectivity index is 1.40. The fourth-order valence-corrected chi connectivity index (χ4v) is 9.58. The van der Waals surface area contributed by atoms with Crippen LogP contribution in [0, 0.1) is 28.6 Å². The van der Waals surface area contributed by atoms with Crippen LogP contribution in [0.4, 0.5) is 0 Å². The Morgan fingerprint density at radius 1 is 1.06 bits per heavy atom. The third-order valence-corrected chi connectivity index (χ3v) is 15.6. The van der Waals surface area contributed by atoms with Crippen LogP contribution in [0.1, 0.15) is 79.1 Å². The van der Waals surface area contributed by atoms with Crippen LogP contribution in [0.2, 0.25) is 18.1 Å². The molecule has 0 bridgehead atoms. The predicted octanol–water partition coefficient (Wildman–Crippen LogP) is 6.06. The van der Waals surface area contributed by atoms with Gasteiger partial charge in [-0.1, -0.05) is 39.3 Å². The Bertz CT molecular complexity index is 764. The highest BCUT2D eigenvalue weighted by atomic mass is 28.4. The number of rotatable bonds is 3. The highest BCUT2D eigenvalue weighted by molar-refractivity contribution is 6.74. The van der Waals surface area contributed by atoms with Crippen molar-refractivity contribution in [2.45, 2.75) is 109 Å². The van der Waals surface area contributed by atoms with Gasteiger partial charge in [0.15, 0.2) is 14.1 Å². The van der Waals surface area contributed by atoms with E-state index < -0.39 is 14.1 Å². The van der Waals surface area contributed by atoms with Gasteiger partial charge in [0, 0.05) is 18.3 Å². The predicted molar refractivity (Wildman–Crippen MR) is 130 cm³/mol. The second-order valence-electron chi connectivity index (χ2n) is 13.4. The SMILES string of the molecule is CC(C)(C)[Si](C)(C)O[C@H]1CC[C@H]2[C@@H]3CC=C4CC5(CC[C@]4(CO)[C@H]3CC[C@]12C)OCCO5. The molecule has 0 aromatic carbocycles. The van der Waals surface area contributed by atoms with Crippen LogP contribution in [0.15, 0.2) is 11.6 Å². The van der Waals surface area contributed by atoms with Crippen LogP contribution in [0.3, 0.4) is 0 Å². The van der Waals surface area contributed by atoms with E-state index in [0.717, 1.165) is 25.7 Å². The summed E-state index contributed by atoms with van der Waals surface area (Å²) in [7, 11) is -1.78. The number of aliphatic hydroxyl groups excluding tert-OH is 1. The van der Waals surface area contributed by atoms with Gasteiger partial charge in [-0.3, -0.25) is 0 Å². The number of aliphatic hydroxyl groups is 1. The summed E-state index contributed by atoms with van der Waals surface area (Å²) in [6, 6.07) is 0. The van der Waals surface area contributed by atoms with Crippen LogP contribution < -0.4 is 0 Å². The van der Waals surface area contributed by atoms with Crippen molar-refractivity contribution in [1.82, 2.24) is 0 Å². The zero-order valence-corrected chi connectivity index (χ0v) is 22.3. The van der Waals surface area contributed by atoms with Crippen molar-refractivity contribution in [2.24, 2.45) is 28.6 Å². The van der Waals surface area contributed by atoms with Crippen molar-refractivity contribution < 1.29 is 19.0 Å². The lowest BCUT2D eigenvalue weighted by Crippen LogP contribution is -2.56. The number of allylic oxidation sites excluding steroid dienone is 1. The summed E-state index contributed by atoms with van der Waals surface area (Å²) in [5.41, 5.74) is 1.67. The van der Waals surface area contributed by atoms with Gasteiger partial charge in [0.1, 0.15) is 0 Å². The molecule has 1 N–H and O–H groups in total. The first-order chi connectivity index (χ1) is 15.0. The first kappa shape index (κ1) is 23.5. The average molecular weight is 463 g/mol. The molecule has 5 aliphatic rings. The van der Waals surface area contributed by atoms with Gasteiger partial charge >= 0.3 is 0 Å². The lowest BCUT2D eigenvalue weighted by molar-refractivity contribution is -0.191. The zero-order chi connectivity index (χ0) is 23.0. The van der Waals surface area contributed by atoms with E-state index in [-0.39, 0.29) is 22.5 Å². The summed E-state index contributed by atoms with van der Waals surface area (Å²) in [6.45, 7) is 16.1. The smallest absolute Gasteiger partial charge is 0.192 e. The van der Waals surface area contributed by atoms with E-state index >= 15 is 0 Å². The number of ether oxygens (including phenoxy) is 2. The molecule has 0 radical (unpaired) electrons. The maximum Gasteiger partial charge on any atom is 0.192 e. The molecule has 4 nitrogen and oxygen atoms in total. The van der Waals surface area contributed by atoms with Crippen molar-refractivity contribution in [3.63, 3.8) is 0 Å². The van der Waals surface area contributed by atoms with Crippen molar-refractivity contribution in [3.8, 4) is 0 Å². The highest BCUT2D eigenvalue weighted by Gasteiger charge is 2.62. The Morgan fingerprint density at radius 3 is 2.44 bits per heavy atom. The fraction of sp³-hybridized carbons (Fsp3) is 0.926. The summed E-state index contributed by atoms with van der Waals surface area (Å²) >= 11 is 0. The molecule has 0 amide bonds. The molecule has 4 aliphatic carbocycles. The zero-order valence-electron chi connectivity index (χ0n) is 21.3. The summed E-state index contributed by atoms with van der Waals surface area (Å²) in [5.74, 6) is 1.58. The lowest BCUT2D eigenvalue weighted by Gasteiger charge is -2.59. The first-order valence-electron chi connectivity index (χ1n) is 13.2. The molecule has 6 atom stereocenters. The molecule has 182 valence electrons. The third kappa shape index (κ3) is 3.36. The van der Waals surface area contributed by atoms with Crippen molar-refractivity contribution >= 4 is 8.32 Å². The summed E-state index contributed by atoms with van der Waals surface area (Å²) < 4.78 is 19.2. The summed E-state index contributed by atoms with van der Waals surface area (Å²) in [6.07, 6.45) is 11.8. The van der Waals surface area contributed by atoms with Gasteiger partial charge in [-0.05, 0) is 79.8 Å². The average Bonchev–Trinajstić information content (AvgIpc) is 3.31. The number of hydrogen-bond acceptors (Lipinski definition) is 4. The van der Waals surface area contributed by atoms with E-state index in [9.17, 15) is 5.11 Å². The Labute approximate surface area is 196 Å². The molecule has 1 spiro atoms. The Hall–Kier alpha value is -0.203. The van der Waals surface area contributed by atoms with Crippen LogP contribution in [0.5, 0.6) is 0 Å². The molecule has 4 fully saturated rings. The van der Waals surface area contributed by atoms with Crippen LogP contribution in [-0.4, -0.2) is 45.1 Å². The van der Waals surface area contributed by atoms with Crippen LogP contribution >= 0.6 is 0 Å². The molecular weight excluding hydrogens is 416 g/mol. The molecule has 32 heavy (non-hydrogen) atoms. The molecule has 5 rings (SSSR count). The molecule has 1 heterocycles. The fourth-order valence-electron chi connectivity index (χ4n) is 8.13. The van der Waals surface area contributed by atoms with Crippen LogP contribution in [0.25, 0.3) is 0 Å². The Kier molecular flexibility index (Phi) is 5.62. The first-order valence-corrected chi connectivity index (χ1v) is 16.1. The maximum atomic E-state index is 10.8. The maximum absolute atomic E-state index is 10.8. The van der Waals surface area contributed by atoms with Gasteiger partial charge < -0.3 is 19.0 Å². The van der Waals surface area contributed by atoms with Gasteiger partial charge in [0.2, 0.25) is 0 Å². The second kappa shape index (κ2) is 7.65. The van der Waals surface area contributed by atoms with Gasteiger partial charge in [-0.15, -0.1) is 0 Å². The van der Waals surface area contributed by atoms with Crippen molar-refractivity contribution in [1.29, 1.82) is 0 Å².